The molecule has 1 aromatic carbocycles. The highest BCUT2D eigenvalue weighted by molar-refractivity contribution is 6.05. The molecule has 1 aromatic rings. The molecule has 3 unspecified atom stereocenters. The number of rotatable bonds is 9. The Morgan fingerprint density at radius 3 is 2.43 bits per heavy atom. The molecule has 1 heterocycles. The molecule has 2 fully saturated rings. The summed E-state index contributed by atoms with van der Waals surface area (Å²) in [5.74, 6) is -0.579. The fourth-order valence-electron chi connectivity index (χ4n) is 4.13. The molecule has 3 amide bonds. The highest BCUT2D eigenvalue weighted by atomic mass is 16.5. The first-order valence-electron chi connectivity index (χ1n) is 10.4. The number of nitrogens with one attached hydrogen (secondary N) is 1. The van der Waals surface area contributed by atoms with E-state index in [4.69, 9.17) is 4.74 Å². The van der Waals surface area contributed by atoms with E-state index in [1.807, 2.05) is 37.3 Å². The number of hydrogen-bond acceptors (Lipinski definition) is 4. The van der Waals surface area contributed by atoms with Crippen molar-refractivity contribution >= 4 is 17.7 Å². The summed E-state index contributed by atoms with van der Waals surface area (Å²) in [5, 5.41) is 2.84. The predicted octanol–water partition coefficient (Wildman–Crippen LogP) is 2.84. The molecule has 3 atom stereocenters. The van der Waals surface area contributed by atoms with Crippen molar-refractivity contribution in [2.24, 2.45) is 11.8 Å². The summed E-state index contributed by atoms with van der Waals surface area (Å²) in [6.07, 6.45) is 4.54. The first-order chi connectivity index (χ1) is 13.6. The second-order valence-electron chi connectivity index (χ2n) is 7.70. The van der Waals surface area contributed by atoms with Gasteiger partial charge in [0.1, 0.15) is 0 Å². The normalized spacial score (nSPS) is 22.8. The number of benzene rings is 1. The molecule has 28 heavy (non-hydrogen) atoms. The van der Waals surface area contributed by atoms with Crippen molar-refractivity contribution in [1.82, 2.24) is 10.2 Å². The minimum absolute atomic E-state index is 0.0210. The second-order valence-corrected chi connectivity index (χ2v) is 7.70. The highest BCUT2D eigenvalue weighted by Crippen LogP contribution is 2.37. The van der Waals surface area contributed by atoms with E-state index in [1.54, 1.807) is 0 Å². The number of amides is 3. The van der Waals surface area contributed by atoms with Gasteiger partial charge in [0.25, 0.3) is 0 Å². The van der Waals surface area contributed by atoms with Gasteiger partial charge in [0.15, 0.2) is 0 Å². The lowest BCUT2D eigenvalue weighted by Gasteiger charge is -2.19. The van der Waals surface area contributed by atoms with E-state index in [0.717, 1.165) is 31.2 Å². The Morgan fingerprint density at radius 2 is 1.79 bits per heavy atom. The van der Waals surface area contributed by atoms with E-state index in [9.17, 15) is 14.4 Å². The van der Waals surface area contributed by atoms with Gasteiger partial charge in [-0.1, -0.05) is 43.2 Å². The Labute approximate surface area is 166 Å². The van der Waals surface area contributed by atoms with Crippen molar-refractivity contribution in [3.63, 3.8) is 0 Å². The molecule has 1 N–H and O–H groups in total. The van der Waals surface area contributed by atoms with Gasteiger partial charge in [0.05, 0.1) is 17.9 Å². The average molecular weight is 386 g/mol. The van der Waals surface area contributed by atoms with Crippen molar-refractivity contribution in [1.29, 1.82) is 0 Å². The maximum Gasteiger partial charge on any atom is 0.233 e. The lowest BCUT2D eigenvalue weighted by Crippen LogP contribution is -2.35. The van der Waals surface area contributed by atoms with Gasteiger partial charge in [0.2, 0.25) is 17.7 Å². The zero-order valence-corrected chi connectivity index (χ0v) is 16.6. The molecule has 6 nitrogen and oxygen atoms in total. The van der Waals surface area contributed by atoms with Crippen LogP contribution in [0, 0.1) is 11.8 Å². The predicted molar refractivity (Wildman–Crippen MR) is 105 cm³/mol. The van der Waals surface area contributed by atoms with Crippen LogP contribution in [0.5, 0.6) is 0 Å². The number of ether oxygens (including phenoxy) is 1. The maximum absolute atomic E-state index is 12.4. The van der Waals surface area contributed by atoms with Crippen LogP contribution in [-0.4, -0.2) is 42.3 Å². The summed E-state index contributed by atoms with van der Waals surface area (Å²) in [6.45, 7) is 3.28. The fourth-order valence-corrected chi connectivity index (χ4v) is 4.13. The van der Waals surface area contributed by atoms with E-state index in [0.29, 0.717) is 19.6 Å². The molecule has 1 saturated heterocycles. The van der Waals surface area contributed by atoms with E-state index < -0.39 is 0 Å². The van der Waals surface area contributed by atoms with Crippen LogP contribution >= 0.6 is 0 Å². The third-order valence-electron chi connectivity index (χ3n) is 5.78. The first-order valence-corrected chi connectivity index (χ1v) is 10.4. The van der Waals surface area contributed by atoms with Crippen LogP contribution in [0.1, 0.15) is 57.1 Å². The number of likely N-dealkylation sites (tertiary alicyclic amines) is 1. The molecule has 0 spiro atoms. The molecule has 1 saturated carbocycles. The molecule has 1 aliphatic carbocycles. The quantitative estimate of drug-likeness (QED) is 0.523. The van der Waals surface area contributed by atoms with Gasteiger partial charge < -0.3 is 10.1 Å². The van der Waals surface area contributed by atoms with Crippen LogP contribution in [0.15, 0.2) is 30.3 Å². The summed E-state index contributed by atoms with van der Waals surface area (Å²) >= 11 is 0. The Balaban J connectivity index is 1.31. The van der Waals surface area contributed by atoms with E-state index in [-0.39, 0.29) is 48.6 Å². The van der Waals surface area contributed by atoms with Gasteiger partial charge >= 0.3 is 0 Å². The zero-order valence-electron chi connectivity index (χ0n) is 16.6. The smallest absolute Gasteiger partial charge is 0.233 e. The molecule has 2 aliphatic rings. The molecule has 3 rings (SSSR count). The third kappa shape index (κ3) is 4.98. The van der Waals surface area contributed by atoms with E-state index in [1.165, 1.54) is 4.90 Å². The van der Waals surface area contributed by atoms with Gasteiger partial charge in [-0.15, -0.1) is 0 Å². The number of imide groups is 1. The van der Waals surface area contributed by atoms with Crippen molar-refractivity contribution in [3.05, 3.63) is 35.9 Å². The number of hydrogen-bond donors (Lipinski definition) is 1. The van der Waals surface area contributed by atoms with Crippen LogP contribution < -0.4 is 5.32 Å². The topological polar surface area (TPSA) is 75.7 Å². The summed E-state index contributed by atoms with van der Waals surface area (Å²) < 4.78 is 5.78. The summed E-state index contributed by atoms with van der Waals surface area (Å²) in [4.78, 5) is 38.2. The Morgan fingerprint density at radius 1 is 1.14 bits per heavy atom. The Hall–Kier alpha value is -2.21. The van der Waals surface area contributed by atoms with E-state index >= 15 is 0 Å². The average Bonchev–Trinajstić information content (AvgIpc) is 2.97. The number of carbonyl (C=O) groups is 3. The third-order valence-corrected chi connectivity index (χ3v) is 5.78. The van der Waals surface area contributed by atoms with Crippen molar-refractivity contribution in [3.8, 4) is 0 Å². The Bertz CT molecular complexity index is 667. The largest absolute Gasteiger partial charge is 0.374 e. The number of fused-ring (bicyclic) bond motifs is 1. The van der Waals surface area contributed by atoms with Gasteiger partial charge in [-0.2, -0.15) is 0 Å². The number of carbonyl (C=O) groups excluding carboxylic acids is 3. The molecule has 152 valence electrons. The van der Waals surface area contributed by atoms with Crippen LogP contribution in [0.3, 0.4) is 0 Å². The summed E-state index contributed by atoms with van der Waals surface area (Å²) in [5.41, 5.74) is 1.13. The maximum atomic E-state index is 12.4. The molecular weight excluding hydrogens is 356 g/mol. The fraction of sp³-hybridized carbons (Fsp3) is 0.591. The van der Waals surface area contributed by atoms with Gasteiger partial charge in [-0.3, -0.25) is 19.3 Å². The van der Waals surface area contributed by atoms with Gasteiger partial charge in [-0.25, -0.2) is 0 Å². The number of nitrogens with zero attached hydrogens (tertiary/aromatic N) is 1. The Kier molecular flexibility index (Phi) is 7.20. The summed E-state index contributed by atoms with van der Waals surface area (Å²) in [7, 11) is 0. The van der Waals surface area contributed by atoms with E-state index in [2.05, 4.69) is 5.32 Å². The first kappa shape index (κ1) is 20.5. The van der Waals surface area contributed by atoms with Gasteiger partial charge in [-0.05, 0) is 31.7 Å². The molecule has 0 radical (unpaired) electrons. The van der Waals surface area contributed by atoms with Crippen molar-refractivity contribution in [2.75, 3.05) is 19.7 Å². The lowest BCUT2D eigenvalue weighted by molar-refractivity contribution is -0.140. The molecule has 0 aromatic heterocycles. The highest BCUT2D eigenvalue weighted by Gasteiger charge is 2.47. The monoisotopic (exact) mass is 386 g/mol. The SMILES string of the molecule is CC(OCCCNC(=O)CCN1C(=O)C2CCCCC2C1=O)c1ccccc1. The summed E-state index contributed by atoms with van der Waals surface area (Å²) in [6, 6.07) is 10.0. The van der Waals surface area contributed by atoms with Crippen LogP contribution in [0.25, 0.3) is 0 Å². The van der Waals surface area contributed by atoms with Crippen LogP contribution in [0.2, 0.25) is 0 Å². The minimum Gasteiger partial charge on any atom is -0.374 e. The molecule has 1 aliphatic heterocycles. The van der Waals surface area contributed by atoms with Crippen LogP contribution in [-0.2, 0) is 19.1 Å². The second kappa shape index (κ2) is 9.82. The zero-order chi connectivity index (χ0) is 19.9. The standard InChI is InChI=1S/C22H30N2O4/c1-16(17-8-3-2-4-9-17)28-15-7-13-23-20(25)12-14-24-21(26)18-10-5-6-11-19(18)22(24)27/h2-4,8-9,16,18-19H,5-7,10-15H2,1H3,(H,23,25). The van der Waals surface area contributed by atoms with Gasteiger partial charge in [0, 0.05) is 26.1 Å². The van der Waals surface area contributed by atoms with Crippen molar-refractivity contribution in [2.45, 2.75) is 51.6 Å². The lowest BCUT2D eigenvalue weighted by atomic mass is 9.81. The molecule has 0 bridgehead atoms. The minimum atomic E-state index is -0.145. The van der Waals surface area contributed by atoms with Crippen molar-refractivity contribution < 1.29 is 19.1 Å². The molecular formula is C22H30N2O4. The van der Waals surface area contributed by atoms with Crippen LogP contribution in [0.4, 0.5) is 0 Å². The molecule has 6 heteroatoms.